The summed E-state index contributed by atoms with van der Waals surface area (Å²) in [6, 6.07) is 5.90. The number of amides is 1. The Balaban J connectivity index is 1.38. The Morgan fingerprint density at radius 2 is 2.04 bits per heavy atom. The number of hydrogen-bond acceptors (Lipinski definition) is 5. The number of carbonyl (C=O) groups is 1. The molecule has 3 aromatic rings. The summed E-state index contributed by atoms with van der Waals surface area (Å²) in [4.78, 5) is 26.1. The molecule has 7 heteroatoms. The highest BCUT2D eigenvalue weighted by atomic mass is 32.1. The highest BCUT2D eigenvalue weighted by molar-refractivity contribution is 7.15. The van der Waals surface area contributed by atoms with Crippen molar-refractivity contribution in [2.75, 3.05) is 31.1 Å². The lowest BCUT2D eigenvalue weighted by Gasteiger charge is -2.34. The Hall–Kier alpha value is -2.67. The van der Waals surface area contributed by atoms with Crippen molar-refractivity contribution in [2.45, 2.75) is 0 Å². The second kappa shape index (κ2) is 6.45. The van der Waals surface area contributed by atoms with Crippen molar-refractivity contribution in [1.29, 1.82) is 0 Å². The first-order chi connectivity index (χ1) is 11.8. The maximum atomic E-state index is 12.4. The summed E-state index contributed by atoms with van der Waals surface area (Å²) in [5.74, 6) is 1.01. The molecule has 24 heavy (non-hydrogen) atoms. The Labute approximate surface area is 143 Å². The molecule has 0 aromatic carbocycles. The molecule has 0 unspecified atom stereocenters. The van der Waals surface area contributed by atoms with E-state index >= 15 is 0 Å². The second-order valence-corrected chi connectivity index (χ2v) is 6.45. The molecule has 1 saturated heterocycles. The van der Waals surface area contributed by atoms with Crippen molar-refractivity contribution >= 4 is 34.1 Å². The van der Waals surface area contributed by atoms with Crippen molar-refractivity contribution in [3.63, 3.8) is 0 Å². The van der Waals surface area contributed by atoms with Gasteiger partial charge in [0.25, 0.3) is 0 Å². The van der Waals surface area contributed by atoms with Crippen LogP contribution in [0.25, 0.3) is 11.0 Å². The van der Waals surface area contributed by atoms with Gasteiger partial charge in [0, 0.05) is 50.0 Å². The molecule has 1 amide bonds. The quantitative estimate of drug-likeness (QED) is 0.686. The molecule has 3 aromatic heterocycles. The van der Waals surface area contributed by atoms with Gasteiger partial charge < -0.3 is 9.80 Å². The molecular formula is C17H17N5OS. The summed E-state index contributed by atoms with van der Waals surface area (Å²) >= 11 is 1.58. The summed E-state index contributed by atoms with van der Waals surface area (Å²) in [5, 5.41) is 1.98. The second-order valence-electron chi connectivity index (χ2n) is 5.57. The van der Waals surface area contributed by atoms with Crippen LogP contribution in [0.15, 0.2) is 48.2 Å². The fourth-order valence-corrected chi connectivity index (χ4v) is 3.53. The molecule has 0 radical (unpaired) electrons. The van der Waals surface area contributed by atoms with E-state index in [0.29, 0.717) is 13.1 Å². The standard InChI is InChI=1S/C17H17N5OS/c23-16(5-4-14-13-19-17-22(14)11-12-24-17)21-9-7-20(8-10-21)15-3-1-2-6-18-15/h1-6,11-13H,7-10H2/b5-4+. The topological polar surface area (TPSA) is 53.7 Å². The molecule has 0 spiro atoms. The van der Waals surface area contributed by atoms with E-state index in [1.165, 1.54) is 0 Å². The lowest BCUT2D eigenvalue weighted by Crippen LogP contribution is -2.48. The largest absolute Gasteiger partial charge is 0.353 e. The number of piperazine rings is 1. The minimum absolute atomic E-state index is 0.0425. The molecule has 122 valence electrons. The SMILES string of the molecule is O=C(/C=C/c1cnc2sccn12)N1CCN(c2ccccn2)CC1. The number of hydrogen-bond donors (Lipinski definition) is 0. The number of pyridine rings is 1. The molecule has 1 aliphatic rings. The van der Waals surface area contributed by atoms with Gasteiger partial charge in [0.05, 0.1) is 11.9 Å². The van der Waals surface area contributed by atoms with Gasteiger partial charge >= 0.3 is 0 Å². The predicted molar refractivity (Wildman–Crippen MR) is 95.1 cm³/mol. The van der Waals surface area contributed by atoms with Gasteiger partial charge in [-0.1, -0.05) is 6.07 Å². The molecule has 0 saturated carbocycles. The minimum atomic E-state index is 0.0425. The lowest BCUT2D eigenvalue weighted by molar-refractivity contribution is -0.126. The van der Waals surface area contributed by atoms with Crippen molar-refractivity contribution in [3.8, 4) is 0 Å². The molecular weight excluding hydrogens is 322 g/mol. The fraction of sp³-hybridized carbons (Fsp3) is 0.235. The average Bonchev–Trinajstić information content (AvgIpc) is 3.25. The van der Waals surface area contributed by atoms with Gasteiger partial charge in [-0.05, 0) is 18.2 Å². The normalized spacial score (nSPS) is 15.5. The van der Waals surface area contributed by atoms with Gasteiger partial charge in [-0.3, -0.25) is 9.20 Å². The molecule has 0 bridgehead atoms. The van der Waals surface area contributed by atoms with E-state index in [2.05, 4.69) is 14.9 Å². The molecule has 1 aliphatic heterocycles. The van der Waals surface area contributed by atoms with Crippen molar-refractivity contribution in [2.24, 2.45) is 0 Å². The van der Waals surface area contributed by atoms with Crippen LogP contribution >= 0.6 is 11.3 Å². The van der Waals surface area contributed by atoms with Crippen LogP contribution in [0.5, 0.6) is 0 Å². The number of anilines is 1. The zero-order chi connectivity index (χ0) is 16.4. The zero-order valence-electron chi connectivity index (χ0n) is 13.1. The van der Waals surface area contributed by atoms with E-state index in [1.807, 2.05) is 45.2 Å². The van der Waals surface area contributed by atoms with Crippen molar-refractivity contribution < 1.29 is 4.79 Å². The van der Waals surface area contributed by atoms with Crippen LogP contribution in [-0.2, 0) is 4.79 Å². The number of nitrogens with zero attached hydrogens (tertiary/aromatic N) is 5. The Bertz CT molecular complexity index is 861. The Morgan fingerprint density at radius 3 is 2.83 bits per heavy atom. The zero-order valence-corrected chi connectivity index (χ0v) is 13.9. The van der Waals surface area contributed by atoms with Crippen LogP contribution < -0.4 is 4.90 Å². The van der Waals surface area contributed by atoms with Gasteiger partial charge in [-0.15, -0.1) is 11.3 Å². The van der Waals surface area contributed by atoms with E-state index in [-0.39, 0.29) is 5.91 Å². The molecule has 0 aliphatic carbocycles. The van der Waals surface area contributed by atoms with Crippen LogP contribution in [0.3, 0.4) is 0 Å². The van der Waals surface area contributed by atoms with Gasteiger partial charge in [0.15, 0.2) is 4.96 Å². The van der Waals surface area contributed by atoms with E-state index in [1.54, 1.807) is 29.8 Å². The first-order valence-corrected chi connectivity index (χ1v) is 8.73. The summed E-state index contributed by atoms with van der Waals surface area (Å²) in [6.07, 6.45) is 9.02. The third-order valence-corrected chi connectivity index (χ3v) is 4.91. The summed E-state index contributed by atoms with van der Waals surface area (Å²) < 4.78 is 1.98. The van der Waals surface area contributed by atoms with Crippen molar-refractivity contribution in [3.05, 3.63) is 53.9 Å². The molecule has 4 heterocycles. The number of fused-ring (bicyclic) bond motifs is 1. The number of thiazole rings is 1. The summed E-state index contributed by atoms with van der Waals surface area (Å²) in [6.45, 7) is 3.02. The lowest BCUT2D eigenvalue weighted by atomic mass is 10.3. The van der Waals surface area contributed by atoms with Gasteiger partial charge in [-0.2, -0.15) is 0 Å². The number of rotatable bonds is 3. The maximum absolute atomic E-state index is 12.4. The highest BCUT2D eigenvalue weighted by Crippen LogP contribution is 2.15. The molecule has 1 fully saturated rings. The van der Waals surface area contributed by atoms with Crippen LogP contribution in [-0.4, -0.2) is 51.4 Å². The minimum Gasteiger partial charge on any atom is -0.353 e. The van der Waals surface area contributed by atoms with Crippen LogP contribution in [0.2, 0.25) is 0 Å². The third kappa shape index (κ3) is 2.90. The summed E-state index contributed by atoms with van der Waals surface area (Å²) in [5.41, 5.74) is 0.923. The van der Waals surface area contributed by atoms with Crippen LogP contribution in [0.1, 0.15) is 5.69 Å². The monoisotopic (exact) mass is 339 g/mol. The molecule has 0 N–H and O–H groups in total. The van der Waals surface area contributed by atoms with E-state index in [0.717, 1.165) is 29.6 Å². The first-order valence-electron chi connectivity index (χ1n) is 7.85. The fourth-order valence-electron chi connectivity index (χ4n) is 2.83. The number of carbonyl (C=O) groups excluding carboxylic acids is 1. The summed E-state index contributed by atoms with van der Waals surface area (Å²) in [7, 11) is 0. The predicted octanol–water partition coefficient (Wildman–Crippen LogP) is 2.15. The maximum Gasteiger partial charge on any atom is 0.246 e. The smallest absolute Gasteiger partial charge is 0.246 e. The Kier molecular flexibility index (Phi) is 4.00. The average molecular weight is 339 g/mol. The van der Waals surface area contributed by atoms with E-state index in [4.69, 9.17) is 0 Å². The van der Waals surface area contributed by atoms with Crippen LogP contribution in [0.4, 0.5) is 5.82 Å². The third-order valence-electron chi connectivity index (χ3n) is 4.14. The number of aromatic nitrogens is 3. The molecule has 4 rings (SSSR count). The van der Waals surface area contributed by atoms with Gasteiger partial charge in [-0.25, -0.2) is 9.97 Å². The Morgan fingerprint density at radius 1 is 1.17 bits per heavy atom. The molecule has 0 atom stereocenters. The number of imidazole rings is 1. The van der Waals surface area contributed by atoms with E-state index < -0.39 is 0 Å². The molecule has 6 nitrogen and oxygen atoms in total. The van der Waals surface area contributed by atoms with Crippen molar-refractivity contribution in [1.82, 2.24) is 19.3 Å². The first kappa shape index (κ1) is 14.9. The van der Waals surface area contributed by atoms with Gasteiger partial charge in [0.1, 0.15) is 5.82 Å². The van der Waals surface area contributed by atoms with Gasteiger partial charge in [0.2, 0.25) is 5.91 Å². The highest BCUT2D eigenvalue weighted by Gasteiger charge is 2.20. The van der Waals surface area contributed by atoms with E-state index in [9.17, 15) is 4.79 Å². The van der Waals surface area contributed by atoms with Crippen LogP contribution in [0, 0.1) is 0 Å².